The smallest absolute Gasteiger partial charge is 0.181 e. The van der Waals surface area contributed by atoms with Crippen LogP contribution in [0.4, 0.5) is 14.6 Å². The topological polar surface area (TPSA) is 121 Å². The molecule has 1 aliphatic rings. The first-order chi connectivity index (χ1) is 19.1. The molecule has 0 spiro atoms. The van der Waals surface area contributed by atoms with Crippen molar-refractivity contribution in [3.63, 3.8) is 0 Å². The molecule has 0 amide bonds. The molecule has 6 rings (SSSR count). The summed E-state index contributed by atoms with van der Waals surface area (Å²) < 4.78 is 34.0. The first kappa shape index (κ1) is 25.9. The van der Waals surface area contributed by atoms with Gasteiger partial charge in [-0.25, -0.2) is 18.7 Å². The van der Waals surface area contributed by atoms with Gasteiger partial charge in [0.1, 0.15) is 17.7 Å². The molecule has 3 N–H and O–H groups in total. The number of fused-ring (bicyclic) bond motifs is 2. The van der Waals surface area contributed by atoms with Crippen LogP contribution in [0.1, 0.15) is 32.3 Å². The van der Waals surface area contributed by atoms with Gasteiger partial charge in [-0.2, -0.15) is 10.4 Å². The van der Waals surface area contributed by atoms with Crippen LogP contribution in [0.5, 0.6) is 0 Å². The summed E-state index contributed by atoms with van der Waals surface area (Å²) in [6.45, 7) is 4.94. The number of nitriles is 1. The van der Waals surface area contributed by atoms with Crippen LogP contribution in [0.25, 0.3) is 39.1 Å². The third kappa shape index (κ3) is 4.65. The molecular formula is C29H28F2N8O. The molecule has 1 atom stereocenters. The number of hydrogen-bond acceptors (Lipinski definition) is 7. The molecule has 3 aromatic heterocycles. The number of rotatable bonds is 5. The van der Waals surface area contributed by atoms with E-state index in [0.29, 0.717) is 45.9 Å². The highest BCUT2D eigenvalue weighted by molar-refractivity contribution is 5.90. The zero-order chi connectivity index (χ0) is 28.2. The molecule has 40 heavy (non-hydrogen) atoms. The van der Waals surface area contributed by atoms with Crippen molar-refractivity contribution in [2.24, 2.45) is 5.73 Å². The molecule has 1 saturated heterocycles. The number of anilines is 1. The van der Waals surface area contributed by atoms with Gasteiger partial charge >= 0.3 is 0 Å². The Bertz CT molecular complexity index is 1800. The second kappa shape index (κ2) is 9.66. The van der Waals surface area contributed by atoms with E-state index in [9.17, 15) is 14.8 Å². The van der Waals surface area contributed by atoms with E-state index in [1.165, 1.54) is 18.2 Å². The fraction of sp³-hybridized carbons (Fsp3) is 0.310. The second-order valence-corrected chi connectivity index (χ2v) is 10.9. The van der Waals surface area contributed by atoms with Gasteiger partial charge in [-0.3, -0.25) is 9.08 Å². The number of aromatic nitrogens is 5. The van der Waals surface area contributed by atoms with Crippen molar-refractivity contribution in [2.75, 3.05) is 18.0 Å². The van der Waals surface area contributed by atoms with E-state index in [1.807, 2.05) is 6.07 Å². The molecule has 0 bridgehead atoms. The number of piperidine rings is 1. The molecule has 4 heterocycles. The van der Waals surface area contributed by atoms with Crippen molar-refractivity contribution in [2.45, 2.75) is 44.9 Å². The van der Waals surface area contributed by atoms with E-state index in [1.54, 1.807) is 53.7 Å². The van der Waals surface area contributed by atoms with Crippen molar-refractivity contribution >= 4 is 22.4 Å². The highest BCUT2D eigenvalue weighted by Crippen LogP contribution is 2.38. The summed E-state index contributed by atoms with van der Waals surface area (Å²) in [6.07, 6.45) is 6.92. The first-order valence-electron chi connectivity index (χ1n) is 13.1. The van der Waals surface area contributed by atoms with E-state index in [4.69, 9.17) is 10.7 Å². The molecule has 1 aliphatic heterocycles. The lowest BCUT2D eigenvalue weighted by Gasteiger charge is -2.31. The Labute approximate surface area is 229 Å². The molecule has 1 fully saturated rings. The van der Waals surface area contributed by atoms with Crippen molar-refractivity contribution < 1.29 is 13.9 Å². The molecule has 9 nitrogen and oxygen atoms in total. The minimum atomic E-state index is -1.00. The molecule has 204 valence electrons. The van der Waals surface area contributed by atoms with E-state index in [2.05, 4.69) is 15.0 Å². The van der Waals surface area contributed by atoms with Crippen LogP contribution in [-0.4, -0.2) is 54.0 Å². The maximum atomic E-state index is 15.9. The Balaban J connectivity index is 1.59. The Hall–Kier alpha value is -4.40. The molecule has 2 aromatic carbocycles. The first-order valence-corrected chi connectivity index (χ1v) is 13.1. The van der Waals surface area contributed by atoms with Crippen molar-refractivity contribution in [1.29, 1.82) is 5.26 Å². The van der Waals surface area contributed by atoms with E-state index >= 15 is 4.39 Å². The monoisotopic (exact) mass is 542 g/mol. The number of benzene rings is 2. The van der Waals surface area contributed by atoms with Crippen LogP contribution in [0.3, 0.4) is 0 Å². The summed E-state index contributed by atoms with van der Waals surface area (Å²) in [5, 5.41) is 24.6. The van der Waals surface area contributed by atoms with E-state index < -0.39 is 17.2 Å². The number of hydrogen-bond donors (Lipinski definition) is 2. The van der Waals surface area contributed by atoms with Gasteiger partial charge < -0.3 is 15.7 Å². The minimum absolute atomic E-state index is 0.00221. The fourth-order valence-electron chi connectivity index (χ4n) is 5.36. The number of nitrogens with two attached hydrogens (primary N) is 1. The molecular weight excluding hydrogens is 514 g/mol. The summed E-state index contributed by atoms with van der Waals surface area (Å²) >= 11 is 0. The van der Waals surface area contributed by atoms with E-state index in [0.717, 1.165) is 19.4 Å². The van der Waals surface area contributed by atoms with Gasteiger partial charge in [0.15, 0.2) is 11.5 Å². The second-order valence-electron chi connectivity index (χ2n) is 10.9. The lowest BCUT2D eigenvalue weighted by Crippen LogP contribution is -2.43. The minimum Gasteiger partial charge on any atom is -0.389 e. The normalized spacial score (nSPS) is 16.1. The lowest BCUT2D eigenvalue weighted by atomic mass is 10.0. The summed E-state index contributed by atoms with van der Waals surface area (Å²) in [5.74, 6) is -0.609. The van der Waals surface area contributed by atoms with Crippen LogP contribution in [-0.2, 0) is 6.54 Å². The summed E-state index contributed by atoms with van der Waals surface area (Å²) in [7, 11) is 0. The number of nitrogens with zero attached hydrogens (tertiary/aromatic N) is 7. The Morgan fingerprint density at radius 1 is 1.20 bits per heavy atom. The van der Waals surface area contributed by atoms with Crippen LogP contribution in [0, 0.1) is 23.0 Å². The van der Waals surface area contributed by atoms with Crippen molar-refractivity contribution in [3.8, 4) is 28.6 Å². The predicted octanol–water partition coefficient (Wildman–Crippen LogP) is 4.26. The van der Waals surface area contributed by atoms with Crippen LogP contribution in [0.15, 0.2) is 48.9 Å². The van der Waals surface area contributed by atoms with Crippen LogP contribution < -0.4 is 10.6 Å². The standard InChI is InChI=1S/C29H28F2N8O/c1-29(2,40)16-38-14-19-10-21(23(31)12-24(19)36-38)26-25(17-5-6-18(13-32)22(30)11-17)35-28-27(34-7-9-39(26)28)37-8-3-4-20(33)15-37/h5-7,9-12,14,20,40H,3-4,8,15-16,33H2,1-2H3/t20-/m1/s1. The molecule has 0 unspecified atom stereocenters. The third-order valence-corrected chi connectivity index (χ3v) is 7.09. The zero-order valence-electron chi connectivity index (χ0n) is 22.1. The highest BCUT2D eigenvalue weighted by Gasteiger charge is 2.26. The molecule has 0 aliphatic carbocycles. The van der Waals surface area contributed by atoms with Gasteiger partial charge in [-0.15, -0.1) is 0 Å². The molecule has 0 radical (unpaired) electrons. The SMILES string of the molecule is CC(C)(O)Cn1cc2cc(-c3c(-c4ccc(C#N)c(F)c4)nc4c(N5CCC[C@@H](N)C5)nccn34)c(F)cc2n1. The number of imidazole rings is 1. The number of halogens is 2. The summed E-state index contributed by atoms with van der Waals surface area (Å²) in [6, 6.07) is 9.10. The van der Waals surface area contributed by atoms with E-state index in [-0.39, 0.29) is 23.7 Å². The average molecular weight is 543 g/mol. The van der Waals surface area contributed by atoms with Crippen molar-refractivity contribution in [3.05, 3.63) is 66.1 Å². The summed E-state index contributed by atoms with van der Waals surface area (Å²) in [5.41, 5.74) is 7.48. The third-order valence-electron chi connectivity index (χ3n) is 7.09. The maximum absolute atomic E-state index is 15.9. The lowest BCUT2D eigenvalue weighted by molar-refractivity contribution is 0.0580. The van der Waals surface area contributed by atoms with Crippen molar-refractivity contribution in [1.82, 2.24) is 24.1 Å². The number of aliphatic hydroxyl groups is 1. The predicted molar refractivity (Wildman–Crippen MR) is 148 cm³/mol. The molecule has 5 aromatic rings. The van der Waals surface area contributed by atoms with Gasteiger partial charge in [-0.05, 0) is 44.9 Å². The Morgan fingerprint density at radius 2 is 2.02 bits per heavy atom. The molecule has 11 heteroatoms. The highest BCUT2D eigenvalue weighted by atomic mass is 19.1. The Kier molecular flexibility index (Phi) is 6.24. The van der Waals surface area contributed by atoms with Gasteiger partial charge in [0.2, 0.25) is 0 Å². The molecule has 0 saturated carbocycles. The quantitative estimate of drug-likeness (QED) is 0.340. The fourth-order valence-corrected chi connectivity index (χ4v) is 5.36. The largest absolute Gasteiger partial charge is 0.389 e. The van der Waals surface area contributed by atoms with Gasteiger partial charge in [0.25, 0.3) is 0 Å². The Morgan fingerprint density at radius 3 is 2.75 bits per heavy atom. The van der Waals surface area contributed by atoms with Gasteiger partial charge in [0.05, 0.1) is 34.6 Å². The summed E-state index contributed by atoms with van der Waals surface area (Å²) in [4.78, 5) is 11.6. The maximum Gasteiger partial charge on any atom is 0.181 e. The van der Waals surface area contributed by atoms with Gasteiger partial charge in [-0.1, -0.05) is 6.07 Å². The zero-order valence-corrected chi connectivity index (χ0v) is 22.1. The van der Waals surface area contributed by atoms with Crippen LogP contribution >= 0.6 is 0 Å². The van der Waals surface area contributed by atoms with Crippen LogP contribution in [0.2, 0.25) is 0 Å². The average Bonchev–Trinajstić information content (AvgIpc) is 3.47. The van der Waals surface area contributed by atoms with Gasteiger partial charge in [0, 0.05) is 60.3 Å².